The van der Waals surface area contributed by atoms with Gasteiger partial charge in [0.05, 0.1) is 29.5 Å². The first kappa shape index (κ1) is 21.4. The number of Topliss-reactive ketones (excluding diaryl/α,β-unsaturated/α-hetero) is 1. The number of amides is 1. The van der Waals surface area contributed by atoms with Crippen molar-refractivity contribution < 1.29 is 9.59 Å². The third-order valence-corrected chi connectivity index (χ3v) is 7.51. The summed E-state index contributed by atoms with van der Waals surface area (Å²) in [4.78, 5) is 33.1. The quantitative estimate of drug-likeness (QED) is 0.698. The molecule has 5 rings (SSSR count). The van der Waals surface area contributed by atoms with Gasteiger partial charge in [0, 0.05) is 31.3 Å². The maximum absolute atomic E-state index is 13.4. The van der Waals surface area contributed by atoms with Gasteiger partial charge in [-0.1, -0.05) is 39.2 Å². The van der Waals surface area contributed by atoms with Crippen molar-refractivity contribution in [3.8, 4) is 0 Å². The van der Waals surface area contributed by atoms with E-state index < -0.39 is 0 Å². The Morgan fingerprint density at radius 2 is 1.94 bits per heavy atom. The van der Waals surface area contributed by atoms with Gasteiger partial charge in [0.15, 0.2) is 5.78 Å². The van der Waals surface area contributed by atoms with Crippen LogP contribution < -0.4 is 0 Å². The Balaban J connectivity index is 1.52. The topological polar surface area (TPSA) is 68.1 Å². The van der Waals surface area contributed by atoms with Gasteiger partial charge in [0.1, 0.15) is 0 Å². The number of likely N-dealkylation sites (tertiary alicyclic amines) is 1. The van der Waals surface area contributed by atoms with Crippen LogP contribution in [0.3, 0.4) is 0 Å². The van der Waals surface area contributed by atoms with Crippen LogP contribution in [0, 0.1) is 11.3 Å². The second-order valence-corrected chi connectivity index (χ2v) is 10.7. The number of fused-ring (bicyclic) bond motifs is 1. The van der Waals surface area contributed by atoms with E-state index in [-0.39, 0.29) is 29.1 Å². The van der Waals surface area contributed by atoms with Crippen molar-refractivity contribution in [1.29, 1.82) is 0 Å². The summed E-state index contributed by atoms with van der Waals surface area (Å²) in [6.07, 6.45) is 12.4. The zero-order valence-corrected chi connectivity index (χ0v) is 19.3. The van der Waals surface area contributed by atoms with Gasteiger partial charge in [0.25, 0.3) is 0 Å². The highest BCUT2D eigenvalue weighted by molar-refractivity contribution is 6.00. The molecule has 1 atom stereocenters. The molecule has 6 heteroatoms. The first-order valence-corrected chi connectivity index (χ1v) is 12.2. The predicted octanol–water partition coefficient (Wildman–Crippen LogP) is 4.73. The van der Waals surface area contributed by atoms with Crippen LogP contribution in [-0.2, 0) is 17.8 Å². The number of carbonyl (C=O) groups is 2. The van der Waals surface area contributed by atoms with Crippen LogP contribution in [-0.4, -0.2) is 37.9 Å². The van der Waals surface area contributed by atoms with E-state index in [1.807, 2.05) is 23.0 Å². The standard InChI is InChI=1S/C26H34N4O2/c1-26(2)14-21-23(22(31)15-26)24(28-30(21)17-18-8-6-12-27-16-18)20-11-7-13-29(20)25(32)19-9-4-3-5-10-19/h6,8,12,16,19-20H,3-5,7,9-11,13-15,17H2,1-2H3/t20-/m0/s1. The molecule has 3 aliphatic rings. The molecule has 32 heavy (non-hydrogen) atoms. The van der Waals surface area contributed by atoms with Gasteiger partial charge in [-0.3, -0.25) is 19.3 Å². The van der Waals surface area contributed by atoms with Crippen molar-refractivity contribution in [3.63, 3.8) is 0 Å². The van der Waals surface area contributed by atoms with Gasteiger partial charge in [-0.25, -0.2) is 0 Å². The van der Waals surface area contributed by atoms with E-state index in [0.29, 0.717) is 13.0 Å². The number of carbonyl (C=O) groups excluding carboxylic acids is 2. The summed E-state index contributed by atoms with van der Waals surface area (Å²) in [5.74, 6) is 0.610. The molecule has 2 aromatic heterocycles. The second kappa shape index (κ2) is 8.45. The predicted molar refractivity (Wildman–Crippen MR) is 122 cm³/mol. The normalized spacial score (nSPS) is 23.4. The number of hydrogen-bond acceptors (Lipinski definition) is 4. The van der Waals surface area contributed by atoms with E-state index in [1.54, 1.807) is 6.20 Å². The average molecular weight is 435 g/mol. The molecule has 170 valence electrons. The van der Waals surface area contributed by atoms with Crippen LogP contribution in [0.15, 0.2) is 24.5 Å². The van der Waals surface area contributed by atoms with Crippen LogP contribution >= 0.6 is 0 Å². The molecule has 2 aliphatic carbocycles. The van der Waals surface area contributed by atoms with E-state index >= 15 is 0 Å². The van der Waals surface area contributed by atoms with Crippen LogP contribution in [0.25, 0.3) is 0 Å². The van der Waals surface area contributed by atoms with Crippen molar-refractivity contribution in [2.75, 3.05) is 6.54 Å². The molecule has 0 spiro atoms. The van der Waals surface area contributed by atoms with E-state index in [9.17, 15) is 9.59 Å². The van der Waals surface area contributed by atoms with Gasteiger partial charge in [-0.2, -0.15) is 5.10 Å². The molecule has 6 nitrogen and oxygen atoms in total. The molecule has 0 aromatic carbocycles. The van der Waals surface area contributed by atoms with Crippen LogP contribution in [0.1, 0.15) is 98.6 Å². The van der Waals surface area contributed by atoms with Gasteiger partial charge in [0.2, 0.25) is 5.91 Å². The van der Waals surface area contributed by atoms with Crippen LogP contribution in [0.2, 0.25) is 0 Å². The second-order valence-electron chi connectivity index (χ2n) is 10.7. The fourth-order valence-corrected chi connectivity index (χ4v) is 5.97. The highest BCUT2D eigenvalue weighted by atomic mass is 16.2. The Bertz CT molecular complexity index is 1000. The van der Waals surface area contributed by atoms with Crippen molar-refractivity contribution in [3.05, 3.63) is 47.0 Å². The van der Waals surface area contributed by atoms with Crippen LogP contribution in [0.5, 0.6) is 0 Å². The lowest BCUT2D eigenvalue weighted by Crippen LogP contribution is -2.37. The number of ketones is 1. The SMILES string of the molecule is CC1(C)CC(=O)c2c([C@@H]3CCCN3C(=O)C3CCCCC3)nn(Cc3cccnc3)c2C1. The Morgan fingerprint density at radius 1 is 1.12 bits per heavy atom. The minimum atomic E-state index is -0.0820. The molecule has 1 saturated heterocycles. The summed E-state index contributed by atoms with van der Waals surface area (Å²) in [5.41, 5.74) is 3.65. The summed E-state index contributed by atoms with van der Waals surface area (Å²) < 4.78 is 2.02. The van der Waals surface area contributed by atoms with Crippen molar-refractivity contribution in [1.82, 2.24) is 19.7 Å². The maximum atomic E-state index is 13.4. The zero-order valence-electron chi connectivity index (χ0n) is 19.3. The Hall–Kier alpha value is -2.50. The average Bonchev–Trinajstić information content (AvgIpc) is 3.39. The van der Waals surface area contributed by atoms with Gasteiger partial charge in [-0.05, 0) is 49.1 Å². The molecule has 1 amide bonds. The fourth-order valence-electron chi connectivity index (χ4n) is 5.97. The highest BCUT2D eigenvalue weighted by Gasteiger charge is 2.42. The summed E-state index contributed by atoms with van der Waals surface area (Å²) >= 11 is 0. The molecule has 0 radical (unpaired) electrons. The number of nitrogens with zero attached hydrogens (tertiary/aromatic N) is 4. The van der Waals surface area contributed by atoms with Crippen molar-refractivity contribution in [2.24, 2.45) is 11.3 Å². The van der Waals surface area contributed by atoms with E-state index in [0.717, 1.165) is 74.0 Å². The van der Waals surface area contributed by atoms with E-state index in [1.165, 1.54) is 6.42 Å². The molecular weight excluding hydrogens is 400 g/mol. The summed E-state index contributed by atoms with van der Waals surface area (Å²) in [6, 6.07) is 3.91. The van der Waals surface area contributed by atoms with E-state index in [4.69, 9.17) is 5.10 Å². The van der Waals surface area contributed by atoms with Crippen molar-refractivity contribution >= 4 is 11.7 Å². The minimum Gasteiger partial charge on any atom is -0.334 e. The lowest BCUT2D eigenvalue weighted by molar-refractivity contribution is -0.137. The molecule has 2 fully saturated rings. The smallest absolute Gasteiger partial charge is 0.226 e. The largest absolute Gasteiger partial charge is 0.334 e. The summed E-state index contributed by atoms with van der Waals surface area (Å²) in [6.45, 7) is 5.69. The van der Waals surface area contributed by atoms with E-state index in [2.05, 4.69) is 23.7 Å². The Kier molecular flexibility index (Phi) is 5.64. The summed E-state index contributed by atoms with van der Waals surface area (Å²) in [5, 5.41) is 5.04. The van der Waals surface area contributed by atoms with Crippen molar-refractivity contribution in [2.45, 2.75) is 84.2 Å². The first-order valence-electron chi connectivity index (χ1n) is 12.2. The zero-order chi connectivity index (χ0) is 22.3. The lowest BCUT2D eigenvalue weighted by Gasteiger charge is -2.32. The fraction of sp³-hybridized carbons (Fsp3) is 0.615. The molecule has 0 unspecified atom stereocenters. The maximum Gasteiger partial charge on any atom is 0.226 e. The molecule has 0 N–H and O–H groups in total. The minimum absolute atomic E-state index is 0.0708. The number of hydrogen-bond donors (Lipinski definition) is 0. The molecular formula is C26H34N4O2. The van der Waals surface area contributed by atoms with Gasteiger partial charge in [-0.15, -0.1) is 0 Å². The third kappa shape index (κ3) is 4.00. The van der Waals surface area contributed by atoms with Crippen LogP contribution in [0.4, 0.5) is 0 Å². The third-order valence-electron chi connectivity index (χ3n) is 7.51. The number of rotatable bonds is 4. The summed E-state index contributed by atoms with van der Waals surface area (Å²) in [7, 11) is 0. The first-order chi connectivity index (χ1) is 15.4. The molecule has 2 aromatic rings. The molecule has 1 aliphatic heterocycles. The Labute approximate surface area is 190 Å². The van der Waals surface area contributed by atoms with Gasteiger partial charge >= 0.3 is 0 Å². The lowest BCUT2D eigenvalue weighted by atomic mass is 9.75. The number of aromatic nitrogens is 3. The highest BCUT2D eigenvalue weighted by Crippen LogP contribution is 2.42. The van der Waals surface area contributed by atoms with Gasteiger partial charge < -0.3 is 4.90 Å². The number of pyridine rings is 1. The molecule has 0 bridgehead atoms. The molecule has 1 saturated carbocycles. The molecule has 3 heterocycles. The monoisotopic (exact) mass is 434 g/mol. The Morgan fingerprint density at radius 3 is 2.69 bits per heavy atom.